The maximum absolute atomic E-state index is 13.1. The summed E-state index contributed by atoms with van der Waals surface area (Å²) in [6, 6.07) is 23.1. The number of carbonyl (C=O) groups is 1. The molecule has 158 valence electrons. The standard InChI is InChI=1S/C27H16N2OS3/c30-26-18(13-17-12-16-9-11-31-24(16)15-20(17)26)14-19-7-8-25(32-19)29-21-4-1-2-5-22(21)33-23-6-3-10-28-27(23)29/h1-12,14-15H,13H2/b18-14+. The number of hydrogen-bond donors (Lipinski definition) is 0. The second-order valence-electron chi connectivity index (χ2n) is 8.05. The van der Waals surface area contributed by atoms with E-state index in [1.807, 2.05) is 12.3 Å². The Morgan fingerprint density at radius 1 is 0.970 bits per heavy atom. The van der Waals surface area contributed by atoms with Gasteiger partial charge in [-0.3, -0.25) is 9.69 Å². The Labute approximate surface area is 203 Å². The summed E-state index contributed by atoms with van der Waals surface area (Å²) in [5, 5.41) is 4.40. The van der Waals surface area contributed by atoms with Crippen molar-refractivity contribution in [3.05, 3.63) is 99.9 Å². The number of thiophene rings is 2. The van der Waals surface area contributed by atoms with E-state index >= 15 is 0 Å². The Bertz CT molecular complexity index is 1570. The van der Waals surface area contributed by atoms with Gasteiger partial charge in [0.2, 0.25) is 0 Å². The van der Waals surface area contributed by atoms with E-state index in [0.717, 1.165) is 43.0 Å². The van der Waals surface area contributed by atoms with Crippen LogP contribution in [0.4, 0.5) is 16.5 Å². The van der Waals surface area contributed by atoms with E-state index < -0.39 is 0 Å². The second-order valence-corrected chi connectivity index (χ2v) is 11.2. The molecule has 7 rings (SSSR count). The van der Waals surface area contributed by atoms with E-state index in [-0.39, 0.29) is 5.78 Å². The average molecular weight is 481 g/mol. The van der Waals surface area contributed by atoms with Crippen LogP contribution in [0, 0.1) is 0 Å². The molecule has 0 saturated heterocycles. The molecule has 0 fully saturated rings. The van der Waals surface area contributed by atoms with Crippen LogP contribution in [0.15, 0.2) is 93.7 Å². The minimum absolute atomic E-state index is 0.155. The molecule has 3 aromatic heterocycles. The van der Waals surface area contributed by atoms with Gasteiger partial charge < -0.3 is 0 Å². The molecule has 0 atom stereocenters. The maximum atomic E-state index is 13.1. The van der Waals surface area contributed by atoms with E-state index in [9.17, 15) is 4.79 Å². The van der Waals surface area contributed by atoms with Crippen LogP contribution in [0.3, 0.4) is 0 Å². The molecule has 2 aliphatic rings. The monoisotopic (exact) mass is 480 g/mol. The highest BCUT2D eigenvalue weighted by Gasteiger charge is 2.28. The zero-order chi connectivity index (χ0) is 21.9. The Hall–Kier alpha value is -3.19. The quantitative estimate of drug-likeness (QED) is 0.234. The number of benzene rings is 2. The van der Waals surface area contributed by atoms with Crippen LogP contribution < -0.4 is 4.90 Å². The highest BCUT2D eigenvalue weighted by Crippen LogP contribution is 2.51. The first-order valence-electron chi connectivity index (χ1n) is 10.6. The van der Waals surface area contributed by atoms with Crippen molar-refractivity contribution in [1.82, 2.24) is 4.98 Å². The van der Waals surface area contributed by atoms with Gasteiger partial charge in [-0.1, -0.05) is 23.9 Å². The molecular weight excluding hydrogens is 465 g/mol. The molecule has 0 bridgehead atoms. The minimum Gasteiger partial charge on any atom is -0.289 e. The third kappa shape index (κ3) is 3.09. The van der Waals surface area contributed by atoms with Gasteiger partial charge >= 0.3 is 0 Å². The third-order valence-electron chi connectivity index (χ3n) is 6.03. The van der Waals surface area contributed by atoms with Crippen molar-refractivity contribution in [2.24, 2.45) is 0 Å². The highest BCUT2D eigenvalue weighted by molar-refractivity contribution is 7.99. The molecule has 33 heavy (non-hydrogen) atoms. The Morgan fingerprint density at radius 3 is 2.85 bits per heavy atom. The van der Waals surface area contributed by atoms with Crippen LogP contribution in [0.2, 0.25) is 0 Å². The number of pyridine rings is 1. The van der Waals surface area contributed by atoms with Crippen molar-refractivity contribution in [2.45, 2.75) is 16.2 Å². The van der Waals surface area contributed by atoms with Crippen molar-refractivity contribution in [3.8, 4) is 0 Å². The Balaban J connectivity index is 1.27. The lowest BCUT2D eigenvalue weighted by atomic mass is 10.1. The first kappa shape index (κ1) is 19.3. The van der Waals surface area contributed by atoms with Gasteiger partial charge in [-0.15, -0.1) is 22.7 Å². The summed E-state index contributed by atoms with van der Waals surface area (Å²) in [5.74, 6) is 1.11. The summed E-state index contributed by atoms with van der Waals surface area (Å²) in [6.45, 7) is 0. The second kappa shape index (κ2) is 7.42. The molecule has 4 heterocycles. The minimum atomic E-state index is 0.155. The molecule has 0 N–H and O–H groups in total. The SMILES string of the molecule is O=C1/C(=C/c2ccc(N3c4ccccc4Sc4cccnc43)s2)Cc2cc3ccsc3cc21. The highest BCUT2D eigenvalue weighted by atomic mass is 32.2. The number of hydrogen-bond acceptors (Lipinski definition) is 6. The molecule has 0 unspecified atom stereocenters. The molecule has 0 saturated carbocycles. The summed E-state index contributed by atoms with van der Waals surface area (Å²) in [5.41, 5.74) is 3.99. The van der Waals surface area contributed by atoms with Gasteiger partial charge in [0.05, 0.1) is 10.6 Å². The van der Waals surface area contributed by atoms with Crippen molar-refractivity contribution >= 4 is 72.9 Å². The van der Waals surface area contributed by atoms with Gasteiger partial charge in [0.15, 0.2) is 11.6 Å². The predicted octanol–water partition coefficient (Wildman–Crippen LogP) is 8.11. The van der Waals surface area contributed by atoms with Gasteiger partial charge in [0.25, 0.3) is 0 Å². The fourth-order valence-electron chi connectivity index (χ4n) is 4.51. The van der Waals surface area contributed by atoms with Crippen molar-refractivity contribution in [1.29, 1.82) is 0 Å². The van der Waals surface area contributed by atoms with Crippen LogP contribution in [0.5, 0.6) is 0 Å². The molecule has 1 aliphatic carbocycles. The van der Waals surface area contributed by atoms with Crippen LogP contribution in [-0.4, -0.2) is 10.8 Å². The van der Waals surface area contributed by atoms with E-state index in [1.165, 1.54) is 15.0 Å². The Morgan fingerprint density at radius 2 is 1.88 bits per heavy atom. The molecule has 0 amide bonds. The van der Waals surface area contributed by atoms with Crippen molar-refractivity contribution < 1.29 is 4.79 Å². The van der Waals surface area contributed by atoms with Crippen LogP contribution in [0.1, 0.15) is 20.8 Å². The summed E-state index contributed by atoms with van der Waals surface area (Å²) in [7, 11) is 0. The summed E-state index contributed by atoms with van der Waals surface area (Å²) in [4.78, 5) is 23.5. The summed E-state index contributed by atoms with van der Waals surface area (Å²) >= 11 is 5.13. The molecule has 1 aliphatic heterocycles. The lowest BCUT2D eigenvalue weighted by Gasteiger charge is -2.30. The number of Topliss-reactive ketones (excluding diaryl/α,β-unsaturated/α-hetero) is 1. The van der Waals surface area contributed by atoms with E-state index in [2.05, 4.69) is 77.0 Å². The number of carbonyl (C=O) groups excluding carboxylic acids is 1. The molecule has 2 aromatic carbocycles. The van der Waals surface area contributed by atoms with Crippen LogP contribution in [0.25, 0.3) is 16.2 Å². The average Bonchev–Trinajstić information content (AvgIpc) is 3.56. The number of anilines is 3. The molecule has 3 nitrogen and oxygen atoms in total. The number of fused-ring (bicyclic) bond motifs is 4. The van der Waals surface area contributed by atoms with Crippen molar-refractivity contribution in [2.75, 3.05) is 4.90 Å². The van der Waals surface area contributed by atoms with E-state index in [0.29, 0.717) is 6.42 Å². The molecule has 6 heteroatoms. The van der Waals surface area contributed by atoms with Crippen LogP contribution >= 0.6 is 34.4 Å². The van der Waals surface area contributed by atoms with Crippen molar-refractivity contribution in [3.63, 3.8) is 0 Å². The first-order chi connectivity index (χ1) is 16.2. The summed E-state index contributed by atoms with van der Waals surface area (Å²) < 4.78 is 1.18. The van der Waals surface area contributed by atoms with Gasteiger partial charge in [0.1, 0.15) is 5.00 Å². The van der Waals surface area contributed by atoms with E-state index in [1.54, 1.807) is 34.4 Å². The zero-order valence-electron chi connectivity index (χ0n) is 17.3. The zero-order valence-corrected chi connectivity index (χ0v) is 19.8. The summed E-state index contributed by atoms with van der Waals surface area (Å²) in [6.07, 6.45) is 4.60. The van der Waals surface area contributed by atoms with Gasteiger partial charge in [-0.2, -0.15) is 0 Å². The Kier molecular flexibility index (Phi) is 4.34. The molecule has 0 spiro atoms. The van der Waals surface area contributed by atoms with Gasteiger partial charge in [0, 0.05) is 38.2 Å². The largest absolute Gasteiger partial charge is 0.289 e. The van der Waals surface area contributed by atoms with Gasteiger partial charge in [-0.05, 0) is 77.0 Å². The lowest BCUT2D eigenvalue weighted by Crippen LogP contribution is -2.14. The fraction of sp³-hybridized carbons (Fsp3) is 0.0370. The predicted molar refractivity (Wildman–Crippen MR) is 139 cm³/mol. The number of allylic oxidation sites excluding steroid dienone is 1. The lowest BCUT2D eigenvalue weighted by molar-refractivity contribution is 0.104. The topological polar surface area (TPSA) is 33.2 Å². The number of para-hydroxylation sites is 1. The van der Waals surface area contributed by atoms with Crippen LogP contribution in [-0.2, 0) is 6.42 Å². The molecule has 0 radical (unpaired) electrons. The maximum Gasteiger partial charge on any atom is 0.189 e. The first-order valence-corrected chi connectivity index (χ1v) is 13.1. The smallest absolute Gasteiger partial charge is 0.189 e. The number of nitrogens with zero attached hydrogens (tertiary/aromatic N) is 2. The number of aromatic nitrogens is 1. The number of rotatable bonds is 2. The molecular formula is C27H16N2OS3. The molecule has 5 aromatic rings. The van der Waals surface area contributed by atoms with Gasteiger partial charge in [-0.25, -0.2) is 4.98 Å². The fourth-order valence-corrected chi connectivity index (χ4v) is 7.35. The van der Waals surface area contributed by atoms with E-state index in [4.69, 9.17) is 4.98 Å². The number of ketones is 1. The normalized spacial score (nSPS) is 15.7. The third-order valence-corrected chi connectivity index (χ3v) is 9.03.